The summed E-state index contributed by atoms with van der Waals surface area (Å²) in [4.78, 5) is 25.5. The van der Waals surface area contributed by atoms with Gasteiger partial charge >= 0.3 is 12.1 Å². The highest BCUT2D eigenvalue weighted by Gasteiger charge is 2.35. The van der Waals surface area contributed by atoms with Crippen molar-refractivity contribution in [3.8, 4) is 0 Å². The first-order chi connectivity index (χ1) is 11.7. The molecule has 25 heavy (non-hydrogen) atoms. The van der Waals surface area contributed by atoms with E-state index in [0.717, 1.165) is 12.5 Å². The standard InChI is InChI=1S/C17H19F4NO3/c1-2-9-25-16(24)11-5-7-22(8-6-11)15(23)12-3-4-13(14(18)10-12)17(19,20)21/h3-4,10-11H,2,5-9H2,1H3. The maximum absolute atomic E-state index is 13.6. The number of esters is 1. The smallest absolute Gasteiger partial charge is 0.419 e. The summed E-state index contributed by atoms with van der Waals surface area (Å²) in [7, 11) is 0. The minimum Gasteiger partial charge on any atom is -0.465 e. The summed E-state index contributed by atoms with van der Waals surface area (Å²) in [6.07, 6.45) is -3.25. The van der Waals surface area contributed by atoms with Gasteiger partial charge in [-0.05, 0) is 37.5 Å². The minimum atomic E-state index is -4.80. The molecule has 1 aromatic rings. The fourth-order valence-corrected chi connectivity index (χ4v) is 2.70. The van der Waals surface area contributed by atoms with Crippen molar-refractivity contribution in [3.63, 3.8) is 0 Å². The van der Waals surface area contributed by atoms with Crippen molar-refractivity contribution in [2.75, 3.05) is 19.7 Å². The molecule has 0 radical (unpaired) electrons. The van der Waals surface area contributed by atoms with Crippen LogP contribution in [-0.2, 0) is 15.7 Å². The number of piperidine rings is 1. The Morgan fingerprint density at radius 2 is 1.88 bits per heavy atom. The van der Waals surface area contributed by atoms with Gasteiger partial charge in [-0.2, -0.15) is 13.2 Å². The molecule has 0 saturated carbocycles. The molecular weight excluding hydrogens is 342 g/mol. The van der Waals surface area contributed by atoms with Gasteiger partial charge in [-0.15, -0.1) is 0 Å². The van der Waals surface area contributed by atoms with Gasteiger partial charge in [0.15, 0.2) is 0 Å². The number of benzene rings is 1. The van der Waals surface area contributed by atoms with E-state index in [9.17, 15) is 27.2 Å². The van der Waals surface area contributed by atoms with Crippen LogP contribution in [0.2, 0.25) is 0 Å². The Hall–Kier alpha value is -2.12. The van der Waals surface area contributed by atoms with E-state index in [0.29, 0.717) is 31.6 Å². The highest BCUT2D eigenvalue weighted by Crippen LogP contribution is 2.32. The number of amides is 1. The van der Waals surface area contributed by atoms with Crippen LogP contribution in [0.5, 0.6) is 0 Å². The first-order valence-electron chi connectivity index (χ1n) is 8.06. The summed E-state index contributed by atoms with van der Waals surface area (Å²) < 4.78 is 56.4. The molecule has 138 valence electrons. The predicted molar refractivity (Wildman–Crippen MR) is 81.3 cm³/mol. The summed E-state index contributed by atoms with van der Waals surface area (Å²) >= 11 is 0. The van der Waals surface area contributed by atoms with E-state index in [4.69, 9.17) is 4.74 Å². The monoisotopic (exact) mass is 361 g/mol. The number of likely N-dealkylation sites (tertiary alicyclic amines) is 1. The van der Waals surface area contributed by atoms with Crippen molar-refractivity contribution < 1.29 is 31.9 Å². The lowest BCUT2D eigenvalue weighted by atomic mass is 9.96. The van der Waals surface area contributed by atoms with Crippen LogP contribution in [-0.4, -0.2) is 36.5 Å². The Balaban J connectivity index is 1.99. The molecule has 4 nitrogen and oxygen atoms in total. The second-order valence-electron chi connectivity index (χ2n) is 5.93. The molecule has 0 N–H and O–H groups in total. The number of hydrogen-bond donors (Lipinski definition) is 0. The van der Waals surface area contributed by atoms with Gasteiger partial charge in [0, 0.05) is 18.7 Å². The summed E-state index contributed by atoms with van der Waals surface area (Å²) in [5.74, 6) is -2.61. The molecule has 0 aliphatic carbocycles. The third-order valence-corrected chi connectivity index (χ3v) is 4.09. The van der Waals surface area contributed by atoms with Crippen molar-refractivity contribution in [2.45, 2.75) is 32.4 Å². The highest BCUT2D eigenvalue weighted by molar-refractivity contribution is 5.94. The largest absolute Gasteiger partial charge is 0.465 e. The summed E-state index contributed by atoms with van der Waals surface area (Å²) in [6, 6.07) is 2.14. The molecule has 0 aromatic heterocycles. The Morgan fingerprint density at radius 3 is 2.40 bits per heavy atom. The number of halogens is 4. The van der Waals surface area contributed by atoms with Gasteiger partial charge < -0.3 is 9.64 Å². The predicted octanol–water partition coefficient (Wildman–Crippen LogP) is 3.65. The third-order valence-electron chi connectivity index (χ3n) is 4.09. The minimum absolute atomic E-state index is 0.141. The fraction of sp³-hybridized carbons (Fsp3) is 0.529. The quantitative estimate of drug-likeness (QED) is 0.608. The molecule has 2 rings (SSSR count). The van der Waals surface area contributed by atoms with Crippen LogP contribution in [0.1, 0.15) is 42.1 Å². The van der Waals surface area contributed by atoms with Crippen molar-refractivity contribution in [3.05, 3.63) is 35.1 Å². The van der Waals surface area contributed by atoms with Crippen molar-refractivity contribution in [2.24, 2.45) is 5.92 Å². The Bertz CT molecular complexity index is 637. The van der Waals surface area contributed by atoms with Crippen LogP contribution in [0.25, 0.3) is 0 Å². The van der Waals surface area contributed by atoms with Gasteiger partial charge in [0.2, 0.25) is 0 Å². The fourth-order valence-electron chi connectivity index (χ4n) is 2.70. The van der Waals surface area contributed by atoms with E-state index in [1.165, 1.54) is 4.90 Å². The van der Waals surface area contributed by atoms with E-state index in [1.54, 1.807) is 0 Å². The molecule has 0 unspecified atom stereocenters. The van der Waals surface area contributed by atoms with Crippen molar-refractivity contribution >= 4 is 11.9 Å². The van der Waals surface area contributed by atoms with Crippen LogP contribution in [0.4, 0.5) is 17.6 Å². The van der Waals surface area contributed by atoms with E-state index in [1.807, 2.05) is 6.92 Å². The summed E-state index contributed by atoms with van der Waals surface area (Å²) in [6.45, 7) is 2.78. The van der Waals surface area contributed by atoms with E-state index >= 15 is 0 Å². The van der Waals surface area contributed by atoms with Crippen LogP contribution in [0, 0.1) is 11.7 Å². The normalized spacial score (nSPS) is 16.0. The average molecular weight is 361 g/mol. The maximum Gasteiger partial charge on any atom is 0.419 e. The van der Waals surface area contributed by atoms with E-state index in [-0.39, 0.29) is 30.5 Å². The molecule has 1 saturated heterocycles. The average Bonchev–Trinajstić information content (AvgIpc) is 2.58. The van der Waals surface area contributed by atoms with Crippen LogP contribution >= 0.6 is 0 Å². The second-order valence-corrected chi connectivity index (χ2v) is 5.93. The van der Waals surface area contributed by atoms with Gasteiger partial charge in [-0.25, -0.2) is 4.39 Å². The number of ether oxygens (including phenoxy) is 1. The second kappa shape index (κ2) is 7.84. The molecule has 1 aromatic carbocycles. The number of carbonyl (C=O) groups excluding carboxylic acids is 2. The lowest BCUT2D eigenvalue weighted by molar-refractivity contribution is -0.150. The highest BCUT2D eigenvalue weighted by atomic mass is 19.4. The van der Waals surface area contributed by atoms with Gasteiger partial charge in [-0.1, -0.05) is 6.92 Å². The number of nitrogens with zero attached hydrogens (tertiary/aromatic N) is 1. The zero-order valence-electron chi connectivity index (χ0n) is 13.7. The molecule has 8 heteroatoms. The first-order valence-corrected chi connectivity index (χ1v) is 8.06. The molecular formula is C17H19F4NO3. The van der Waals surface area contributed by atoms with Gasteiger partial charge in [-0.3, -0.25) is 9.59 Å². The number of hydrogen-bond acceptors (Lipinski definition) is 3. The molecule has 0 bridgehead atoms. The topological polar surface area (TPSA) is 46.6 Å². The van der Waals surface area contributed by atoms with Crippen LogP contribution in [0.15, 0.2) is 18.2 Å². The first kappa shape index (κ1) is 19.2. The molecule has 0 spiro atoms. The Morgan fingerprint density at radius 1 is 1.24 bits per heavy atom. The maximum atomic E-state index is 13.6. The zero-order chi connectivity index (χ0) is 18.6. The van der Waals surface area contributed by atoms with Crippen molar-refractivity contribution in [1.82, 2.24) is 4.90 Å². The number of alkyl halides is 3. The molecule has 1 fully saturated rings. The number of carbonyl (C=O) groups is 2. The summed E-state index contributed by atoms with van der Waals surface area (Å²) in [5.41, 5.74) is -1.54. The molecule has 0 atom stereocenters. The van der Waals surface area contributed by atoms with Crippen LogP contribution < -0.4 is 0 Å². The molecule has 1 aliphatic rings. The molecule has 1 aliphatic heterocycles. The SMILES string of the molecule is CCCOC(=O)C1CCN(C(=O)c2ccc(C(F)(F)F)c(F)c2)CC1. The van der Waals surface area contributed by atoms with Gasteiger partial charge in [0.1, 0.15) is 5.82 Å². The van der Waals surface area contributed by atoms with E-state index < -0.39 is 23.5 Å². The molecule has 1 heterocycles. The van der Waals surface area contributed by atoms with Gasteiger partial charge in [0.05, 0.1) is 18.1 Å². The Labute approximate surface area is 142 Å². The van der Waals surface area contributed by atoms with Crippen molar-refractivity contribution in [1.29, 1.82) is 0 Å². The number of rotatable bonds is 4. The third kappa shape index (κ3) is 4.70. The van der Waals surface area contributed by atoms with Crippen LogP contribution in [0.3, 0.4) is 0 Å². The van der Waals surface area contributed by atoms with Gasteiger partial charge in [0.25, 0.3) is 5.91 Å². The Kier molecular flexibility index (Phi) is 6.02. The van der Waals surface area contributed by atoms with E-state index in [2.05, 4.69) is 0 Å². The lowest BCUT2D eigenvalue weighted by Gasteiger charge is -2.31. The zero-order valence-corrected chi connectivity index (χ0v) is 13.7. The lowest BCUT2D eigenvalue weighted by Crippen LogP contribution is -2.40. The summed E-state index contributed by atoms with van der Waals surface area (Å²) in [5, 5.41) is 0. The molecule has 1 amide bonds.